The third-order valence-corrected chi connectivity index (χ3v) is 3.64. The summed E-state index contributed by atoms with van der Waals surface area (Å²) < 4.78 is 16.2. The standard InChI is InChI=1S/C21H32O5/c1-16(2)10-9-15-24-20(22)13-7-8-14-21(23)26-19-12-6-5-11-18(19)25-17(3)4/h5-6,11-12,16-17H,7-10,13-15H2,1-4H3. The minimum atomic E-state index is -0.324. The summed E-state index contributed by atoms with van der Waals surface area (Å²) in [5.74, 6) is 1.08. The first-order chi connectivity index (χ1) is 12.4. The fourth-order valence-corrected chi connectivity index (χ4v) is 2.35. The Balaban J connectivity index is 2.22. The second-order valence-electron chi connectivity index (χ2n) is 7.05. The van der Waals surface area contributed by atoms with Crippen LogP contribution < -0.4 is 9.47 Å². The van der Waals surface area contributed by atoms with Gasteiger partial charge >= 0.3 is 11.9 Å². The normalized spacial score (nSPS) is 10.8. The van der Waals surface area contributed by atoms with E-state index in [0.717, 1.165) is 12.8 Å². The van der Waals surface area contributed by atoms with E-state index in [9.17, 15) is 9.59 Å². The molecule has 0 atom stereocenters. The van der Waals surface area contributed by atoms with E-state index in [1.807, 2.05) is 19.9 Å². The van der Waals surface area contributed by atoms with Crippen molar-refractivity contribution in [2.45, 2.75) is 72.3 Å². The van der Waals surface area contributed by atoms with Gasteiger partial charge in [-0.1, -0.05) is 26.0 Å². The summed E-state index contributed by atoms with van der Waals surface area (Å²) in [7, 11) is 0. The van der Waals surface area contributed by atoms with Crippen molar-refractivity contribution in [2.75, 3.05) is 6.61 Å². The SMILES string of the molecule is CC(C)CCCOC(=O)CCCCC(=O)Oc1ccccc1OC(C)C. The molecule has 0 aliphatic rings. The van der Waals surface area contributed by atoms with Crippen LogP contribution in [0.4, 0.5) is 0 Å². The first kappa shape index (κ1) is 22.0. The number of rotatable bonds is 12. The molecule has 0 radical (unpaired) electrons. The summed E-state index contributed by atoms with van der Waals surface area (Å²) in [6.07, 6.45) is 3.75. The molecule has 0 saturated carbocycles. The number of esters is 2. The summed E-state index contributed by atoms with van der Waals surface area (Å²) in [6, 6.07) is 7.12. The molecule has 5 nitrogen and oxygen atoms in total. The smallest absolute Gasteiger partial charge is 0.311 e. The second kappa shape index (κ2) is 12.3. The first-order valence-electron chi connectivity index (χ1n) is 9.50. The molecule has 1 rings (SSSR count). The Bertz CT molecular complexity index is 551. The Morgan fingerprint density at radius 1 is 0.885 bits per heavy atom. The van der Waals surface area contributed by atoms with Crippen LogP contribution in [0.5, 0.6) is 11.5 Å². The largest absolute Gasteiger partial charge is 0.487 e. The molecule has 5 heteroatoms. The molecule has 26 heavy (non-hydrogen) atoms. The third-order valence-electron chi connectivity index (χ3n) is 3.64. The van der Waals surface area contributed by atoms with Gasteiger partial charge in [-0.3, -0.25) is 9.59 Å². The van der Waals surface area contributed by atoms with Gasteiger partial charge in [0.05, 0.1) is 12.7 Å². The van der Waals surface area contributed by atoms with Crippen LogP contribution in [0.3, 0.4) is 0 Å². The lowest BCUT2D eigenvalue weighted by Gasteiger charge is -2.13. The van der Waals surface area contributed by atoms with Crippen molar-refractivity contribution in [1.29, 1.82) is 0 Å². The van der Waals surface area contributed by atoms with Crippen LogP contribution in [-0.4, -0.2) is 24.6 Å². The van der Waals surface area contributed by atoms with Crippen LogP contribution in [0.2, 0.25) is 0 Å². The summed E-state index contributed by atoms with van der Waals surface area (Å²) in [5.41, 5.74) is 0. The molecule has 0 bridgehead atoms. The summed E-state index contributed by atoms with van der Waals surface area (Å²) in [4.78, 5) is 23.6. The monoisotopic (exact) mass is 364 g/mol. The summed E-state index contributed by atoms with van der Waals surface area (Å²) in [5, 5.41) is 0. The fourth-order valence-electron chi connectivity index (χ4n) is 2.35. The molecule has 0 aliphatic heterocycles. The van der Waals surface area contributed by atoms with Crippen molar-refractivity contribution in [3.8, 4) is 11.5 Å². The second-order valence-corrected chi connectivity index (χ2v) is 7.05. The Kier molecular flexibility index (Phi) is 10.4. The van der Waals surface area contributed by atoms with E-state index in [-0.39, 0.29) is 24.5 Å². The van der Waals surface area contributed by atoms with Gasteiger partial charge in [0.15, 0.2) is 11.5 Å². The molecule has 0 fully saturated rings. The maximum absolute atomic E-state index is 12.0. The zero-order chi connectivity index (χ0) is 19.4. The number of unbranched alkanes of at least 4 members (excludes halogenated alkanes) is 1. The third kappa shape index (κ3) is 10.1. The molecule has 0 heterocycles. The van der Waals surface area contributed by atoms with Crippen molar-refractivity contribution in [3.05, 3.63) is 24.3 Å². The number of para-hydroxylation sites is 2. The van der Waals surface area contributed by atoms with E-state index in [2.05, 4.69) is 13.8 Å². The molecule has 0 N–H and O–H groups in total. The maximum atomic E-state index is 12.0. The van der Waals surface area contributed by atoms with Crippen molar-refractivity contribution >= 4 is 11.9 Å². The van der Waals surface area contributed by atoms with Crippen molar-refractivity contribution in [1.82, 2.24) is 0 Å². The van der Waals surface area contributed by atoms with E-state index < -0.39 is 0 Å². The van der Waals surface area contributed by atoms with E-state index in [4.69, 9.17) is 14.2 Å². The van der Waals surface area contributed by atoms with Gasteiger partial charge in [-0.15, -0.1) is 0 Å². The number of hydrogen-bond acceptors (Lipinski definition) is 5. The number of benzene rings is 1. The van der Waals surface area contributed by atoms with Gasteiger partial charge < -0.3 is 14.2 Å². The lowest BCUT2D eigenvalue weighted by molar-refractivity contribution is -0.144. The van der Waals surface area contributed by atoms with E-state index in [1.54, 1.807) is 18.2 Å². The minimum Gasteiger partial charge on any atom is -0.487 e. The van der Waals surface area contributed by atoms with E-state index >= 15 is 0 Å². The Morgan fingerprint density at radius 3 is 2.12 bits per heavy atom. The fraction of sp³-hybridized carbons (Fsp3) is 0.619. The van der Waals surface area contributed by atoms with Gasteiger partial charge in [-0.25, -0.2) is 0 Å². The predicted molar refractivity (Wildman–Crippen MR) is 101 cm³/mol. The van der Waals surface area contributed by atoms with Crippen LogP contribution in [0, 0.1) is 5.92 Å². The zero-order valence-corrected chi connectivity index (χ0v) is 16.5. The van der Waals surface area contributed by atoms with Gasteiger partial charge in [-0.05, 0) is 57.6 Å². The van der Waals surface area contributed by atoms with Gasteiger partial charge in [0.25, 0.3) is 0 Å². The highest BCUT2D eigenvalue weighted by Crippen LogP contribution is 2.27. The molecule has 0 unspecified atom stereocenters. The van der Waals surface area contributed by atoms with Crippen LogP contribution in [-0.2, 0) is 14.3 Å². The highest BCUT2D eigenvalue weighted by atomic mass is 16.6. The number of hydrogen-bond donors (Lipinski definition) is 0. The van der Waals surface area contributed by atoms with E-state index in [1.165, 1.54) is 0 Å². The highest BCUT2D eigenvalue weighted by molar-refractivity contribution is 5.73. The van der Waals surface area contributed by atoms with Crippen molar-refractivity contribution < 1.29 is 23.8 Å². The zero-order valence-electron chi connectivity index (χ0n) is 16.5. The average Bonchev–Trinajstić information content (AvgIpc) is 2.57. The molecule has 0 saturated heterocycles. The topological polar surface area (TPSA) is 61.8 Å². The van der Waals surface area contributed by atoms with Gasteiger partial charge in [0, 0.05) is 12.8 Å². The molecule has 0 amide bonds. The maximum Gasteiger partial charge on any atom is 0.311 e. The van der Waals surface area contributed by atoms with Crippen LogP contribution in [0.1, 0.15) is 66.2 Å². The molecular weight excluding hydrogens is 332 g/mol. The number of ether oxygens (including phenoxy) is 3. The minimum absolute atomic E-state index is 0.00130. The first-order valence-corrected chi connectivity index (χ1v) is 9.50. The molecule has 1 aromatic rings. The highest BCUT2D eigenvalue weighted by Gasteiger charge is 2.11. The molecule has 0 aliphatic carbocycles. The molecule has 0 spiro atoms. The Hall–Kier alpha value is -2.04. The summed E-state index contributed by atoms with van der Waals surface area (Å²) in [6.45, 7) is 8.61. The molecule has 146 valence electrons. The predicted octanol–water partition coefficient (Wildman–Crippen LogP) is 4.92. The van der Waals surface area contributed by atoms with Crippen molar-refractivity contribution in [2.24, 2.45) is 5.92 Å². The van der Waals surface area contributed by atoms with Gasteiger partial charge in [-0.2, -0.15) is 0 Å². The van der Waals surface area contributed by atoms with E-state index in [0.29, 0.717) is 43.3 Å². The molecule has 1 aromatic carbocycles. The number of carbonyl (C=O) groups is 2. The Morgan fingerprint density at radius 2 is 1.50 bits per heavy atom. The lowest BCUT2D eigenvalue weighted by atomic mass is 10.1. The van der Waals surface area contributed by atoms with Crippen LogP contribution >= 0.6 is 0 Å². The molecular formula is C21H32O5. The number of carbonyl (C=O) groups excluding carboxylic acids is 2. The Labute approximate surface area is 157 Å². The average molecular weight is 364 g/mol. The summed E-state index contributed by atoms with van der Waals surface area (Å²) >= 11 is 0. The van der Waals surface area contributed by atoms with Gasteiger partial charge in [0.1, 0.15) is 0 Å². The quantitative estimate of drug-likeness (QED) is 0.299. The van der Waals surface area contributed by atoms with Crippen molar-refractivity contribution in [3.63, 3.8) is 0 Å². The molecule has 0 aromatic heterocycles. The van der Waals surface area contributed by atoms with Crippen LogP contribution in [0.15, 0.2) is 24.3 Å². The lowest BCUT2D eigenvalue weighted by Crippen LogP contribution is -2.11. The van der Waals surface area contributed by atoms with Crippen LogP contribution in [0.25, 0.3) is 0 Å². The van der Waals surface area contributed by atoms with Gasteiger partial charge in [0.2, 0.25) is 0 Å².